The predicted octanol–water partition coefficient (Wildman–Crippen LogP) is 3.43. The van der Waals surface area contributed by atoms with Crippen molar-refractivity contribution < 1.29 is 9.47 Å². The van der Waals surface area contributed by atoms with Gasteiger partial charge in [-0.25, -0.2) is 4.98 Å². The van der Waals surface area contributed by atoms with Gasteiger partial charge in [0.25, 0.3) is 0 Å². The Morgan fingerprint density at radius 2 is 2.06 bits per heavy atom. The van der Waals surface area contributed by atoms with Gasteiger partial charge in [0.1, 0.15) is 16.5 Å². The molecule has 1 N–H and O–H groups in total. The van der Waals surface area contributed by atoms with Gasteiger partial charge in [0.2, 0.25) is 0 Å². The Morgan fingerprint density at radius 3 is 2.67 bits per heavy atom. The Balaban J connectivity index is 2.18. The Bertz CT molecular complexity index is 517. The molecule has 1 heterocycles. The molecular weight excluding hydrogens is 272 g/mol. The number of nitrogens with zero attached hydrogens (tertiary/aromatic N) is 1. The molecule has 18 heavy (non-hydrogen) atoms. The van der Waals surface area contributed by atoms with Crippen LogP contribution in [-0.2, 0) is 6.54 Å². The number of hydrogen-bond acceptors (Lipinski definition) is 5. The maximum atomic E-state index is 6.09. The smallest absolute Gasteiger partial charge is 0.145 e. The molecule has 96 valence electrons. The molecule has 0 saturated heterocycles. The number of thiazole rings is 1. The third-order valence-corrected chi connectivity index (χ3v) is 3.46. The molecule has 0 fully saturated rings. The van der Waals surface area contributed by atoms with E-state index in [4.69, 9.17) is 21.1 Å². The molecule has 1 aromatic carbocycles. The van der Waals surface area contributed by atoms with E-state index in [1.165, 1.54) is 0 Å². The summed E-state index contributed by atoms with van der Waals surface area (Å²) in [4.78, 5) is 4.20. The second-order valence-corrected chi connectivity index (χ2v) is 4.85. The van der Waals surface area contributed by atoms with Crippen LogP contribution in [0.15, 0.2) is 23.7 Å². The summed E-state index contributed by atoms with van der Waals surface area (Å²) >= 11 is 7.68. The van der Waals surface area contributed by atoms with Crippen molar-refractivity contribution in [3.05, 3.63) is 33.7 Å². The zero-order valence-corrected chi connectivity index (χ0v) is 11.6. The Labute approximate surface area is 115 Å². The van der Waals surface area contributed by atoms with Crippen LogP contribution in [0.5, 0.6) is 11.5 Å². The van der Waals surface area contributed by atoms with Crippen molar-refractivity contribution >= 4 is 28.6 Å². The maximum Gasteiger partial charge on any atom is 0.145 e. The van der Waals surface area contributed by atoms with Crippen LogP contribution in [0.25, 0.3) is 0 Å². The van der Waals surface area contributed by atoms with Gasteiger partial charge in [-0.3, -0.25) is 0 Å². The topological polar surface area (TPSA) is 43.4 Å². The molecule has 4 nitrogen and oxygen atoms in total. The van der Waals surface area contributed by atoms with Gasteiger partial charge in [0, 0.05) is 17.6 Å². The molecule has 2 rings (SSSR count). The van der Waals surface area contributed by atoms with Gasteiger partial charge in [0.05, 0.1) is 31.5 Å². The molecule has 0 atom stereocenters. The number of nitrogens with one attached hydrogen (secondary N) is 1. The number of hydrogen-bond donors (Lipinski definition) is 1. The minimum atomic E-state index is 0.542. The predicted molar refractivity (Wildman–Crippen MR) is 74.0 cm³/mol. The van der Waals surface area contributed by atoms with Crippen LogP contribution in [0.3, 0.4) is 0 Å². The highest BCUT2D eigenvalue weighted by Crippen LogP contribution is 2.36. The average Bonchev–Trinajstić information content (AvgIpc) is 2.89. The van der Waals surface area contributed by atoms with Gasteiger partial charge in [0.15, 0.2) is 0 Å². The third kappa shape index (κ3) is 2.86. The van der Waals surface area contributed by atoms with E-state index in [1.54, 1.807) is 43.9 Å². The molecule has 0 aliphatic carbocycles. The van der Waals surface area contributed by atoms with Gasteiger partial charge >= 0.3 is 0 Å². The fourth-order valence-corrected chi connectivity index (χ4v) is 2.31. The largest absolute Gasteiger partial charge is 0.495 e. The number of anilines is 1. The van der Waals surface area contributed by atoms with E-state index >= 15 is 0 Å². The average molecular weight is 285 g/mol. The molecule has 0 amide bonds. The molecular formula is C12H13ClN2O2S. The highest BCUT2D eigenvalue weighted by atomic mass is 35.5. The van der Waals surface area contributed by atoms with E-state index in [1.807, 2.05) is 5.38 Å². The molecule has 0 aliphatic rings. The summed E-state index contributed by atoms with van der Waals surface area (Å²) < 4.78 is 10.4. The van der Waals surface area contributed by atoms with Gasteiger partial charge in [-0.05, 0) is 6.07 Å². The highest BCUT2D eigenvalue weighted by molar-refractivity contribution is 7.09. The first-order valence-corrected chi connectivity index (χ1v) is 6.54. The van der Waals surface area contributed by atoms with Gasteiger partial charge in [-0.15, -0.1) is 11.3 Å². The molecule has 0 saturated carbocycles. The first-order valence-electron chi connectivity index (χ1n) is 5.28. The van der Waals surface area contributed by atoms with E-state index in [9.17, 15) is 0 Å². The van der Waals surface area contributed by atoms with Gasteiger partial charge in [-0.2, -0.15) is 0 Å². The SMILES string of the molecule is COc1cc(OC)c(NCc2nccs2)cc1Cl. The first kappa shape index (κ1) is 13.0. The van der Waals surface area contributed by atoms with E-state index in [0.29, 0.717) is 23.1 Å². The number of benzene rings is 1. The zero-order valence-electron chi connectivity index (χ0n) is 10.1. The molecule has 0 spiro atoms. The summed E-state index contributed by atoms with van der Waals surface area (Å²) in [6, 6.07) is 3.54. The number of rotatable bonds is 5. The third-order valence-electron chi connectivity index (χ3n) is 2.39. The van der Waals surface area contributed by atoms with E-state index in [0.717, 1.165) is 10.7 Å². The molecule has 0 aliphatic heterocycles. The molecule has 1 aromatic heterocycles. The molecule has 0 bridgehead atoms. The van der Waals surface area contributed by atoms with Crippen LogP contribution >= 0.6 is 22.9 Å². The van der Waals surface area contributed by atoms with Crippen LogP contribution in [0, 0.1) is 0 Å². The molecule has 2 aromatic rings. The van der Waals surface area contributed by atoms with Crippen molar-refractivity contribution in [2.75, 3.05) is 19.5 Å². The van der Waals surface area contributed by atoms with E-state index < -0.39 is 0 Å². The normalized spacial score (nSPS) is 10.2. The monoisotopic (exact) mass is 284 g/mol. The lowest BCUT2D eigenvalue weighted by Gasteiger charge is -2.13. The second kappa shape index (κ2) is 5.93. The fourth-order valence-electron chi connectivity index (χ4n) is 1.51. The van der Waals surface area contributed by atoms with Gasteiger partial charge in [-0.1, -0.05) is 11.6 Å². The summed E-state index contributed by atoms with van der Waals surface area (Å²) in [6.07, 6.45) is 1.78. The number of ether oxygens (including phenoxy) is 2. The van der Waals surface area contributed by atoms with Crippen molar-refractivity contribution in [1.29, 1.82) is 0 Å². The Kier molecular flexibility index (Phi) is 4.28. The first-order chi connectivity index (χ1) is 8.74. The van der Waals surface area contributed by atoms with Crippen molar-refractivity contribution in [2.24, 2.45) is 0 Å². The Morgan fingerprint density at radius 1 is 1.28 bits per heavy atom. The van der Waals surface area contributed by atoms with Crippen LogP contribution in [-0.4, -0.2) is 19.2 Å². The summed E-state index contributed by atoms with van der Waals surface area (Å²) in [7, 11) is 3.18. The molecule has 0 radical (unpaired) electrons. The molecule has 0 unspecified atom stereocenters. The lowest BCUT2D eigenvalue weighted by Crippen LogP contribution is -2.01. The fraction of sp³-hybridized carbons (Fsp3) is 0.250. The maximum absolute atomic E-state index is 6.09. The summed E-state index contributed by atoms with van der Waals surface area (Å²) in [6.45, 7) is 0.636. The van der Waals surface area contributed by atoms with E-state index in [-0.39, 0.29) is 0 Å². The van der Waals surface area contributed by atoms with Crippen molar-refractivity contribution in [2.45, 2.75) is 6.54 Å². The minimum Gasteiger partial charge on any atom is -0.495 e. The van der Waals surface area contributed by atoms with Crippen molar-refractivity contribution in [3.63, 3.8) is 0 Å². The van der Waals surface area contributed by atoms with Gasteiger partial charge < -0.3 is 14.8 Å². The zero-order chi connectivity index (χ0) is 13.0. The lowest BCUT2D eigenvalue weighted by atomic mass is 10.2. The lowest BCUT2D eigenvalue weighted by molar-refractivity contribution is 0.395. The standard InChI is InChI=1S/C12H13ClN2O2S/c1-16-10-6-11(17-2)9(5-8(10)13)15-7-12-14-3-4-18-12/h3-6,15H,7H2,1-2H3. The highest BCUT2D eigenvalue weighted by Gasteiger charge is 2.09. The number of methoxy groups -OCH3 is 2. The number of halogens is 1. The summed E-state index contributed by atoms with van der Waals surface area (Å²) in [5.41, 5.74) is 0.818. The van der Waals surface area contributed by atoms with E-state index in [2.05, 4.69) is 10.3 Å². The van der Waals surface area contributed by atoms with Crippen LogP contribution < -0.4 is 14.8 Å². The molecule has 6 heteroatoms. The number of aromatic nitrogens is 1. The second-order valence-electron chi connectivity index (χ2n) is 3.47. The van der Waals surface area contributed by atoms with Crippen molar-refractivity contribution in [1.82, 2.24) is 4.98 Å². The quantitative estimate of drug-likeness (QED) is 0.913. The summed E-state index contributed by atoms with van der Waals surface area (Å²) in [5, 5.41) is 6.73. The van der Waals surface area contributed by atoms with Crippen LogP contribution in [0.2, 0.25) is 5.02 Å². The minimum absolute atomic E-state index is 0.542. The Hall–Kier alpha value is -1.46. The summed E-state index contributed by atoms with van der Waals surface area (Å²) in [5.74, 6) is 1.28. The van der Waals surface area contributed by atoms with Crippen LogP contribution in [0.1, 0.15) is 5.01 Å². The van der Waals surface area contributed by atoms with Crippen LogP contribution in [0.4, 0.5) is 5.69 Å². The van der Waals surface area contributed by atoms with Crippen molar-refractivity contribution in [3.8, 4) is 11.5 Å².